The molecule has 1 aliphatic heterocycles. The number of nitrogens with zero attached hydrogens (tertiary/aromatic N) is 1. The van der Waals surface area contributed by atoms with Crippen molar-refractivity contribution in [2.45, 2.75) is 24.8 Å². The second-order valence-corrected chi connectivity index (χ2v) is 5.44. The van der Waals surface area contributed by atoms with E-state index >= 15 is 0 Å². The molecule has 1 fully saturated rings. The summed E-state index contributed by atoms with van der Waals surface area (Å²) in [5.74, 6) is -0.434. The Labute approximate surface area is 129 Å². The number of methoxy groups -OCH3 is 1. The molecule has 0 radical (unpaired) electrons. The quantitative estimate of drug-likeness (QED) is 0.493. The van der Waals surface area contributed by atoms with Gasteiger partial charge in [-0.3, -0.25) is 4.79 Å². The Bertz CT molecular complexity index is 620. The predicted octanol–water partition coefficient (Wildman–Crippen LogP) is 3.10. The van der Waals surface area contributed by atoms with Crippen LogP contribution >= 0.6 is 0 Å². The fraction of sp³-hybridized carbons (Fsp3) is 0.278. The van der Waals surface area contributed by atoms with E-state index in [1.807, 2.05) is 60.7 Å². The summed E-state index contributed by atoms with van der Waals surface area (Å²) in [7, 11) is 1.32. The van der Waals surface area contributed by atoms with Crippen molar-refractivity contribution < 1.29 is 13.9 Å². The van der Waals surface area contributed by atoms with Gasteiger partial charge in [-0.05, 0) is 18.1 Å². The lowest BCUT2D eigenvalue weighted by Gasteiger charge is -2.20. The third kappa shape index (κ3) is 2.03. The summed E-state index contributed by atoms with van der Waals surface area (Å²) in [5, 5.41) is 0. The maximum Gasteiger partial charge on any atom is 0.322 e. The zero-order valence-corrected chi connectivity index (χ0v) is 12.6. The van der Waals surface area contributed by atoms with Crippen LogP contribution in [0.2, 0.25) is 0 Å². The number of alkyl halides is 1. The molecule has 2 aromatic carbocycles. The zero-order chi connectivity index (χ0) is 15.7. The van der Waals surface area contributed by atoms with Crippen LogP contribution in [0.5, 0.6) is 0 Å². The molecule has 0 aliphatic carbocycles. The van der Waals surface area contributed by atoms with Crippen molar-refractivity contribution in [3.8, 4) is 0 Å². The first-order valence-corrected chi connectivity index (χ1v) is 7.25. The van der Waals surface area contributed by atoms with Gasteiger partial charge in [0.15, 0.2) is 6.30 Å². The molecule has 2 aromatic rings. The molecule has 3 nitrogen and oxygen atoms in total. The van der Waals surface area contributed by atoms with E-state index in [0.29, 0.717) is 0 Å². The molecule has 22 heavy (non-hydrogen) atoms. The first-order valence-electron chi connectivity index (χ1n) is 7.25. The Balaban J connectivity index is 2.09. The fourth-order valence-corrected chi connectivity index (χ4v) is 3.19. The molecule has 3 rings (SSSR count). The minimum Gasteiger partial charge on any atom is -0.468 e. The highest BCUT2D eigenvalue weighted by Gasteiger charge is 2.68. The lowest BCUT2D eigenvalue weighted by Crippen LogP contribution is -2.32. The predicted molar refractivity (Wildman–Crippen MR) is 81.9 cm³/mol. The van der Waals surface area contributed by atoms with Crippen LogP contribution in [-0.2, 0) is 15.1 Å². The molecule has 3 atom stereocenters. The lowest BCUT2D eigenvalue weighted by molar-refractivity contribution is -0.145. The Morgan fingerprint density at radius 2 is 1.55 bits per heavy atom. The molecule has 0 saturated carbocycles. The first-order chi connectivity index (χ1) is 10.6. The van der Waals surface area contributed by atoms with Gasteiger partial charge >= 0.3 is 5.97 Å². The lowest BCUT2D eigenvalue weighted by atomic mass is 9.90. The van der Waals surface area contributed by atoms with Gasteiger partial charge in [0.25, 0.3) is 0 Å². The number of carbonyl (C=O) groups excluding carboxylic acids is 1. The van der Waals surface area contributed by atoms with Crippen molar-refractivity contribution in [3.05, 3.63) is 71.8 Å². The van der Waals surface area contributed by atoms with Crippen molar-refractivity contribution in [2.24, 2.45) is 0 Å². The van der Waals surface area contributed by atoms with Crippen molar-refractivity contribution in [1.29, 1.82) is 0 Å². The van der Waals surface area contributed by atoms with E-state index in [1.54, 1.807) is 11.8 Å². The fourth-order valence-electron chi connectivity index (χ4n) is 3.19. The van der Waals surface area contributed by atoms with Gasteiger partial charge in [0.1, 0.15) is 11.6 Å². The van der Waals surface area contributed by atoms with Crippen molar-refractivity contribution in [2.75, 3.05) is 7.11 Å². The summed E-state index contributed by atoms with van der Waals surface area (Å²) in [5.41, 5.74) is 0.754. The number of carbonyl (C=O) groups is 1. The van der Waals surface area contributed by atoms with Gasteiger partial charge in [0.05, 0.1) is 7.11 Å². The Kier molecular flexibility index (Phi) is 3.71. The van der Waals surface area contributed by atoms with Gasteiger partial charge in [0, 0.05) is 0 Å². The van der Waals surface area contributed by atoms with Gasteiger partial charge in [-0.25, -0.2) is 9.29 Å². The Morgan fingerprint density at radius 3 is 1.95 bits per heavy atom. The van der Waals surface area contributed by atoms with E-state index in [1.165, 1.54) is 7.11 Å². The van der Waals surface area contributed by atoms with Crippen LogP contribution in [0, 0.1) is 0 Å². The van der Waals surface area contributed by atoms with Crippen LogP contribution in [0.15, 0.2) is 60.7 Å². The maximum absolute atomic E-state index is 14.9. The molecule has 0 bridgehead atoms. The maximum atomic E-state index is 14.9. The number of benzene rings is 2. The Hall–Kier alpha value is -2.20. The van der Waals surface area contributed by atoms with Crippen LogP contribution in [0.25, 0.3) is 0 Å². The first kappa shape index (κ1) is 14.7. The summed E-state index contributed by atoms with van der Waals surface area (Å²) in [4.78, 5) is 13.4. The SMILES string of the molecule is COC(=O)C(C)N1C(F)C1(c1ccccc1)c1ccccc1. The molecule has 0 N–H and O–H groups in total. The summed E-state index contributed by atoms with van der Waals surface area (Å²) in [6.07, 6.45) is -1.26. The van der Waals surface area contributed by atoms with Crippen LogP contribution in [-0.4, -0.2) is 30.3 Å². The molecular weight excluding hydrogens is 281 g/mol. The van der Waals surface area contributed by atoms with Gasteiger partial charge in [-0.15, -0.1) is 0 Å². The largest absolute Gasteiger partial charge is 0.468 e. The summed E-state index contributed by atoms with van der Waals surface area (Å²) in [6.45, 7) is 1.67. The highest BCUT2D eigenvalue weighted by molar-refractivity contribution is 5.76. The summed E-state index contributed by atoms with van der Waals surface area (Å²) in [6, 6.07) is 18.2. The number of hydrogen-bond acceptors (Lipinski definition) is 3. The normalized spacial score (nSPS) is 23.6. The van der Waals surface area contributed by atoms with Gasteiger partial charge in [-0.1, -0.05) is 60.7 Å². The van der Waals surface area contributed by atoms with Crippen LogP contribution in [0.3, 0.4) is 0 Å². The summed E-state index contributed by atoms with van der Waals surface area (Å²) < 4.78 is 19.7. The second-order valence-electron chi connectivity index (χ2n) is 5.44. The number of esters is 1. The molecule has 0 amide bonds. The average molecular weight is 299 g/mol. The zero-order valence-electron chi connectivity index (χ0n) is 12.6. The molecule has 1 heterocycles. The van der Waals surface area contributed by atoms with Gasteiger partial charge < -0.3 is 4.74 Å². The minimum absolute atomic E-state index is 0.434. The summed E-state index contributed by atoms with van der Waals surface area (Å²) >= 11 is 0. The molecule has 1 aliphatic rings. The average Bonchev–Trinajstić information content (AvgIpc) is 3.21. The highest BCUT2D eigenvalue weighted by atomic mass is 19.1. The third-order valence-corrected chi connectivity index (χ3v) is 4.32. The molecular formula is C18H18FNO2. The van der Waals surface area contributed by atoms with E-state index < -0.39 is 23.8 Å². The third-order valence-electron chi connectivity index (χ3n) is 4.32. The number of ether oxygens (including phenoxy) is 1. The monoisotopic (exact) mass is 299 g/mol. The minimum atomic E-state index is -1.26. The van der Waals surface area contributed by atoms with E-state index in [4.69, 9.17) is 4.74 Å². The van der Waals surface area contributed by atoms with Gasteiger partial charge in [-0.2, -0.15) is 0 Å². The van der Waals surface area contributed by atoms with E-state index in [0.717, 1.165) is 11.1 Å². The smallest absolute Gasteiger partial charge is 0.322 e. The standard InChI is InChI=1S/C18H18FNO2/c1-13(16(21)22-2)20-17(19)18(20,14-9-5-3-6-10-14)15-11-7-4-8-12-15/h3-13,17H,1-2H3. The van der Waals surface area contributed by atoms with E-state index in [2.05, 4.69) is 0 Å². The molecule has 0 spiro atoms. The number of halogens is 1. The molecule has 3 unspecified atom stereocenters. The highest BCUT2D eigenvalue weighted by Crippen LogP contribution is 2.56. The van der Waals surface area contributed by atoms with Crippen LogP contribution in [0.1, 0.15) is 18.1 Å². The van der Waals surface area contributed by atoms with Crippen LogP contribution < -0.4 is 0 Å². The topological polar surface area (TPSA) is 29.3 Å². The number of rotatable bonds is 4. The van der Waals surface area contributed by atoms with Crippen molar-refractivity contribution in [3.63, 3.8) is 0 Å². The number of hydrogen-bond donors (Lipinski definition) is 0. The molecule has 4 heteroatoms. The van der Waals surface area contributed by atoms with Gasteiger partial charge in [0.2, 0.25) is 0 Å². The molecule has 1 saturated heterocycles. The van der Waals surface area contributed by atoms with E-state index in [-0.39, 0.29) is 0 Å². The van der Waals surface area contributed by atoms with Crippen molar-refractivity contribution >= 4 is 5.97 Å². The molecule has 114 valence electrons. The molecule has 0 aromatic heterocycles. The van der Waals surface area contributed by atoms with Crippen molar-refractivity contribution in [1.82, 2.24) is 4.90 Å². The Morgan fingerprint density at radius 1 is 1.09 bits per heavy atom. The van der Waals surface area contributed by atoms with Crippen LogP contribution in [0.4, 0.5) is 4.39 Å². The van der Waals surface area contributed by atoms with E-state index in [9.17, 15) is 9.18 Å². The second kappa shape index (κ2) is 5.54.